The average molecular weight is 439 g/mol. The minimum atomic E-state index is -0.411. The second kappa shape index (κ2) is 9.02. The highest BCUT2D eigenvalue weighted by Crippen LogP contribution is 2.61. The molecule has 0 unspecified atom stereocenters. The first-order chi connectivity index (χ1) is 14.0. The van der Waals surface area contributed by atoms with Gasteiger partial charge >= 0.3 is 0 Å². The van der Waals surface area contributed by atoms with Crippen LogP contribution in [0.25, 0.3) is 11.1 Å². The first-order valence-corrected chi connectivity index (χ1v) is 13.4. The molecule has 0 aliphatic heterocycles. The second-order valence-electron chi connectivity index (χ2n) is 12.0. The van der Waals surface area contributed by atoms with Crippen LogP contribution in [-0.4, -0.2) is 10.3 Å². The molecule has 0 saturated heterocycles. The first-order valence-electron chi connectivity index (χ1n) is 12.1. The number of hydrogen-bond donors (Lipinski definition) is 0. The highest BCUT2D eigenvalue weighted by atomic mass is 31.1. The summed E-state index contributed by atoms with van der Waals surface area (Å²) in [4.78, 5) is 0. The van der Waals surface area contributed by atoms with E-state index in [9.17, 15) is 0 Å². The van der Waals surface area contributed by atoms with Gasteiger partial charge in [-0.15, -0.1) is 0 Å². The first kappa shape index (κ1) is 26.1. The van der Waals surface area contributed by atoms with Gasteiger partial charge in [-0.05, 0) is 99.7 Å². The van der Waals surface area contributed by atoms with Crippen molar-refractivity contribution in [3.8, 4) is 11.1 Å². The Morgan fingerprint density at radius 2 is 0.968 bits per heavy atom. The molecule has 0 aliphatic rings. The van der Waals surface area contributed by atoms with Crippen LogP contribution in [0.1, 0.15) is 114 Å². The highest BCUT2D eigenvalue weighted by molar-refractivity contribution is 7.69. The summed E-state index contributed by atoms with van der Waals surface area (Å²) in [5.41, 5.74) is 12.0. The lowest BCUT2D eigenvalue weighted by Crippen LogP contribution is -2.34. The van der Waals surface area contributed by atoms with Crippen molar-refractivity contribution in [1.82, 2.24) is 0 Å². The van der Waals surface area contributed by atoms with Gasteiger partial charge in [-0.1, -0.05) is 95.4 Å². The van der Waals surface area contributed by atoms with Crippen molar-refractivity contribution in [3.63, 3.8) is 0 Å². The molecule has 2 rings (SSSR count). The Bertz CT molecular complexity index is 906. The molecule has 1 heteroatoms. The molecular weight excluding hydrogens is 391 g/mol. The summed E-state index contributed by atoms with van der Waals surface area (Å²) in [5, 5.41) is 2.10. The Morgan fingerprint density at radius 1 is 0.581 bits per heavy atom. The van der Waals surface area contributed by atoms with E-state index in [1.165, 1.54) is 38.9 Å². The maximum Gasteiger partial charge on any atom is -0.00660 e. The lowest BCUT2D eigenvalue weighted by molar-refractivity contribution is 0.714. The zero-order valence-corrected chi connectivity index (χ0v) is 23.7. The summed E-state index contributed by atoms with van der Waals surface area (Å²) < 4.78 is 0. The van der Waals surface area contributed by atoms with Gasteiger partial charge in [0.25, 0.3) is 0 Å². The molecule has 0 heterocycles. The van der Waals surface area contributed by atoms with Gasteiger partial charge in [0.05, 0.1) is 0 Å². The molecule has 0 atom stereocenters. The van der Waals surface area contributed by atoms with Crippen LogP contribution in [0.3, 0.4) is 0 Å². The fourth-order valence-corrected chi connectivity index (χ4v) is 9.76. The Balaban J connectivity index is 3.22. The molecule has 0 saturated carbocycles. The van der Waals surface area contributed by atoms with Crippen molar-refractivity contribution >= 4 is 13.2 Å². The van der Waals surface area contributed by atoms with Gasteiger partial charge in [0, 0.05) is 0 Å². The quantitative estimate of drug-likeness (QED) is 0.417. The fraction of sp³-hybridized carbons (Fsp3) is 0.600. The molecule has 0 fully saturated rings. The molecule has 31 heavy (non-hydrogen) atoms. The smallest absolute Gasteiger partial charge is 0.00660 e. The normalized spacial score (nSPS) is 13.1. The predicted molar refractivity (Wildman–Crippen MR) is 145 cm³/mol. The molecular formula is C30H47P. The van der Waals surface area contributed by atoms with Gasteiger partial charge in [-0.25, -0.2) is 0 Å². The van der Waals surface area contributed by atoms with Gasteiger partial charge < -0.3 is 0 Å². The SMILES string of the molecule is Cc1c(C)c(C)c(P(C(C)(C)C)C(C)(C)C)c(-c2c(C(C)C)cccc2C(C)C)c1C. The Kier molecular flexibility index (Phi) is 7.60. The molecule has 0 radical (unpaired) electrons. The third kappa shape index (κ3) is 4.95. The van der Waals surface area contributed by atoms with E-state index in [1.54, 1.807) is 10.9 Å². The van der Waals surface area contributed by atoms with Crippen LogP contribution in [0, 0.1) is 27.7 Å². The van der Waals surface area contributed by atoms with Crippen LogP contribution in [0.5, 0.6) is 0 Å². The Labute approximate surface area is 195 Å². The molecule has 0 spiro atoms. The van der Waals surface area contributed by atoms with Gasteiger partial charge in [-0.3, -0.25) is 0 Å². The van der Waals surface area contributed by atoms with Crippen molar-refractivity contribution in [2.75, 3.05) is 0 Å². The number of hydrogen-bond acceptors (Lipinski definition) is 0. The summed E-state index contributed by atoms with van der Waals surface area (Å²) in [6, 6.07) is 7.01. The molecule has 2 aromatic rings. The van der Waals surface area contributed by atoms with Gasteiger partial charge in [0.2, 0.25) is 0 Å². The summed E-state index contributed by atoms with van der Waals surface area (Å²) in [7, 11) is -0.411. The molecule has 0 aliphatic carbocycles. The maximum absolute atomic E-state index is 2.45. The molecule has 2 aromatic carbocycles. The molecule has 0 aromatic heterocycles. The average Bonchev–Trinajstić information content (AvgIpc) is 2.61. The Morgan fingerprint density at radius 3 is 1.32 bits per heavy atom. The maximum atomic E-state index is 2.45. The van der Waals surface area contributed by atoms with E-state index >= 15 is 0 Å². The lowest BCUT2D eigenvalue weighted by Gasteiger charge is -2.44. The van der Waals surface area contributed by atoms with Crippen LogP contribution < -0.4 is 5.30 Å². The summed E-state index contributed by atoms with van der Waals surface area (Å²) >= 11 is 0. The van der Waals surface area contributed by atoms with Crippen LogP contribution in [0.15, 0.2) is 18.2 Å². The van der Waals surface area contributed by atoms with Crippen LogP contribution in [0.2, 0.25) is 0 Å². The van der Waals surface area contributed by atoms with Crippen molar-refractivity contribution in [3.05, 3.63) is 51.6 Å². The van der Waals surface area contributed by atoms with E-state index in [1.807, 2.05) is 0 Å². The van der Waals surface area contributed by atoms with Crippen LogP contribution in [-0.2, 0) is 0 Å². The van der Waals surface area contributed by atoms with Crippen molar-refractivity contribution in [2.24, 2.45) is 0 Å². The van der Waals surface area contributed by atoms with E-state index < -0.39 is 7.92 Å². The summed E-state index contributed by atoms with van der Waals surface area (Å²) in [5.74, 6) is 0.997. The Hall–Kier alpha value is -1.13. The second-order valence-corrected chi connectivity index (χ2v) is 15.8. The molecule has 0 bridgehead atoms. The minimum Gasteiger partial charge on any atom is -0.0633 e. The van der Waals surface area contributed by atoms with Crippen LogP contribution >= 0.6 is 7.92 Å². The van der Waals surface area contributed by atoms with Crippen LogP contribution in [0.4, 0.5) is 0 Å². The van der Waals surface area contributed by atoms with Gasteiger partial charge in [0.1, 0.15) is 0 Å². The van der Waals surface area contributed by atoms with E-state index in [4.69, 9.17) is 0 Å². The van der Waals surface area contributed by atoms with E-state index in [2.05, 4.69) is 115 Å². The largest absolute Gasteiger partial charge is 0.0633 e. The molecule has 172 valence electrons. The zero-order chi connectivity index (χ0) is 24.0. The minimum absolute atomic E-state index is 0.228. The van der Waals surface area contributed by atoms with Crippen molar-refractivity contribution < 1.29 is 0 Å². The summed E-state index contributed by atoms with van der Waals surface area (Å²) in [6.45, 7) is 33.5. The van der Waals surface area contributed by atoms with Crippen molar-refractivity contribution in [2.45, 2.75) is 119 Å². The van der Waals surface area contributed by atoms with E-state index in [-0.39, 0.29) is 10.3 Å². The molecule has 0 nitrogen and oxygen atoms in total. The third-order valence-corrected chi connectivity index (χ3v) is 10.5. The van der Waals surface area contributed by atoms with E-state index in [0.717, 1.165) is 0 Å². The zero-order valence-electron chi connectivity index (χ0n) is 22.8. The topological polar surface area (TPSA) is 0 Å². The van der Waals surface area contributed by atoms with Gasteiger partial charge in [0.15, 0.2) is 0 Å². The number of benzene rings is 2. The fourth-order valence-electron chi connectivity index (χ4n) is 5.39. The van der Waals surface area contributed by atoms with Gasteiger partial charge in [-0.2, -0.15) is 0 Å². The van der Waals surface area contributed by atoms with Crippen molar-refractivity contribution in [1.29, 1.82) is 0 Å². The molecule has 0 N–H and O–H groups in total. The monoisotopic (exact) mass is 438 g/mol. The molecule has 0 amide bonds. The predicted octanol–water partition coefficient (Wildman–Crippen LogP) is 9.54. The highest BCUT2D eigenvalue weighted by Gasteiger charge is 2.39. The lowest BCUT2D eigenvalue weighted by atomic mass is 9.81. The standard InChI is InChI=1S/C30H47P/c1-18(2)24-16-15-17-25(19(3)4)27(24)26-22(7)20(5)21(6)23(8)28(26)31(29(9,10)11)30(12,13)14/h15-19H,1-14H3. The third-order valence-electron chi connectivity index (χ3n) is 6.84. The summed E-state index contributed by atoms with van der Waals surface area (Å²) in [6.07, 6.45) is 0. The number of rotatable bonds is 4. The van der Waals surface area contributed by atoms with E-state index in [0.29, 0.717) is 11.8 Å².